The van der Waals surface area contributed by atoms with Crippen LogP contribution in [0.25, 0.3) is 0 Å². The van der Waals surface area contributed by atoms with E-state index in [1.807, 2.05) is 18.2 Å². The highest BCUT2D eigenvalue weighted by molar-refractivity contribution is 5.25. The molecule has 58 valence electrons. The van der Waals surface area contributed by atoms with Gasteiger partial charge < -0.3 is 4.74 Å². The zero-order valence-electron chi connectivity index (χ0n) is 6.25. The van der Waals surface area contributed by atoms with Crippen molar-refractivity contribution >= 4 is 0 Å². The molecule has 2 atom stereocenters. The van der Waals surface area contributed by atoms with Crippen LogP contribution in [0.15, 0.2) is 30.3 Å². The van der Waals surface area contributed by atoms with Crippen molar-refractivity contribution in [1.82, 2.24) is 0 Å². The Kier molecular flexibility index (Phi) is 1.26. The average molecular weight is 152 g/mol. The summed E-state index contributed by atoms with van der Waals surface area (Å²) in [7, 11) is 0. The van der Waals surface area contributed by atoms with Gasteiger partial charge >= 0.3 is 0 Å². The molecule has 1 aliphatic rings. The van der Waals surface area contributed by atoms with E-state index in [-0.39, 0.29) is 6.10 Å². The summed E-state index contributed by atoms with van der Waals surface area (Å²) in [5.74, 6) is -1.50. The van der Waals surface area contributed by atoms with Crippen LogP contribution in [-0.2, 0) is 10.6 Å². The number of hydrogen-bond acceptors (Lipinski definition) is 1. The van der Waals surface area contributed by atoms with E-state index in [0.717, 1.165) is 0 Å². The van der Waals surface area contributed by atoms with Crippen LogP contribution >= 0.6 is 0 Å². The van der Waals surface area contributed by atoms with Crippen molar-refractivity contribution in [3.63, 3.8) is 0 Å². The first-order valence-electron chi connectivity index (χ1n) is 3.66. The first kappa shape index (κ1) is 6.80. The SMILES string of the molecule is C[C@H]1O[C@]1(F)c1ccccc1. The van der Waals surface area contributed by atoms with Crippen LogP contribution < -0.4 is 0 Å². The van der Waals surface area contributed by atoms with Crippen molar-refractivity contribution in [2.75, 3.05) is 0 Å². The number of ether oxygens (including phenoxy) is 1. The minimum atomic E-state index is -1.50. The van der Waals surface area contributed by atoms with Crippen LogP contribution in [0.5, 0.6) is 0 Å². The molecule has 0 aliphatic carbocycles. The maximum absolute atomic E-state index is 13.4. The van der Waals surface area contributed by atoms with Gasteiger partial charge in [-0.05, 0) is 6.92 Å². The summed E-state index contributed by atoms with van der Waals surface area (Å²) in [5, 5.41) is 0. The van der Waals surface area contributed by atoms with Crippen LogP contribution in [0, 0.1) is 0 Å². The van der Waals surface area contributed by atoms with Gasteiger partial charge in [-0.15, -0.1) is 0 Å². The third kappa shape index (κ3) is 0.942. The van der Waals surface area contributed by atoms with Crippen LogP contribution in [0.2, 0.25) is 0 Å². The number of benzene rings is 1. The lowest BCUT2D eigenvalue weighted by atomic mass is 10.1. The predicted octanol–water partition coefficient (Wildman–Crippen LogP) is 2.23. The molecular formula is C9H9FO. The molecule has 0 N–H and O–H groups in total. The lowest BCUT2D eigenvalue weighted by molar-refractivity contribution is 0.141. The van der Waals surface area contributed by atoms with Gasteiger partial charge in [0.05, 0.1) is 0 Å². The molecule has 0 saturated carbocycles. The van der Waals surface area contributed by atoms with Gasteiger partial charge in [0.1, 0.15) is 6.10 Å². The molecule has 0 aromatic heterocycles. The molecule has 1 aromatic carbocycles. The Hall–Kier alpha value is -0.890. The highest BCUT2D eigenvalue weighted by Crippen LogP contribution is 2.47. The Morgan fingerprint density at radius 2 is 1.91 bits per heavy atom. The van der Waals surface area contributed by atoms with Gasteiger partial charge in [-0.3, -0.25) is 0 Å². The zero-order chi connectivity index (χ0) is 7.90. The van der Waals surface area contributed by atoms with Crippen molar-refractivity contribution in [2.45, 2.75) is 18.9 Å². The highest BCUT2D eigenvalue weighted by Gasteiger charge is 2.56. The molecule has 1 fully saturated rings. The molecule has 1 aromatic rings. The number of halogens is 1. The molecule has 0 bridgehead atoms. The Balaban J connectivity index is 2.32. The summed E-state index contributed by atoms with van der Waals surface area (Å²) in [6.45, 7) is 1.73. The van der Waals surface area contributed by atoms with Crippen molar-refractivity contribution in [3.8, 4) is 0 Å². The lowest BCUT2D eigenvalue weighted by Gasteiger charge is -1.99. The molecule has 0 amide bonds. The van der Waals surface area contributed by atoms with E-state index in [1.165, 1.54) is 0 Å². The highest BCUT2D eigenvalue weighted by atomic mass is 19.2. The summed E-state index contributed by atoms with van der Waals surface area (Å²) < 4.78 is 18.2. The smallest absolute Gasteiger partial charge is 0.262 e. The minimum absolute atomic E-state index is 0.287. The number of epoxide rings is 1. The fraction of sp³-hybridized carbons (Fsp3) is 0.333. The Labute approximate surface area is 64.8 Å². The van der Waals surface area contributed by atoms with E-state index >= 15 is 0 Å². The van der Waals surface area contributed by atoms with Gasteiger partial charge in [-0.2, -0.15) is 0 Å². The first-order valence-corrected chi connectivity index (χ1v) is 3.66. The molecular weight excluding hydrogens is 143 g/mol. The van der Waals surface area contributed by atoms with Crippen LogP contribution in [0.3, 0.4) is 0 Å². The second-order valence-corrected chi connectivity index (χ2v) is 2.77. The molecule has 1 aliphatic heterocycles. The van der Waals surface area contributed by atoms with Crippen LogP contribution in [0.1, 0.15) is 12.5 Å². The van der Waals surface area contributed by atoms with E-state index in [0.29, 0.717) is 5.56 Å². The van der Waals surface area contributed by atoms with Crippen molar-refractivity contribution in [1.29, 1.82) is 0 Å². The minimum Gasteiger partial charge on any atom is -0.331 e. The van der Waals surface area contributed by atoms with Gasteiger partial charge in [0.2, 0.25) is 0 Å². The van der Waals surface area contributed by atoms with Gasteiger partial charge in [-0.25, -0.2) is 4.39 Å². The van der Waals surface area contributed by atoms with E-state index in [1.54, 1.807) is 19.1 Å². The third-order valence-electron chi connectivity index (χ3n) is 1.98. The second-order valence-electron chi connectivity index (χ2n) is 2.77. The maximum Gasteiger partial charge on any atom is 0.262 e. The number of hydrogen-bond donors (Lipinski definition) is 0. The fourth-order valence-corrected chi connectivity index (χ4v) is 1.19. The Morgan fingerprint density at radius 1 is 1.36 bits per heavy atom. The molecule has 2 rings (SSSR count). The molecule has 1 nitrogen and oxygen atoms in total. The van der Waals surface area contributed by atoms with Gasteiger partial charge in [0.25, 0.3) is 5.85 Å². The molecule has 0 unspecified atom stereocenters. The van der Waals surface area contributed by atoms with Gasteiger partial charge in [-0.1, -0.05) is 30.3 Å². The quantitative estimate of drug-likeness (QED) is 0.562. The van der Waals surface area contributed by atoms with E-state index in [2.05, 4.69) is 0 Å². The predicted molar refractivity (Wildman–Crippen MR) is 39.8 cm³/mol. The largest absolute Gasteiger partial charge is 0.331 e. The van der Waals surface area contributed by atoms with Crippen molar-refractivity contribution < 1.29 is 9.13 Å². The molecule has 1 saturated heterocycles. The maximum atomic E-state index is 13.4. The second kappa shape index (κ2) is 2.05. The summed E-state index contributed by atoms with van der Waals surface area (Å²) in [5.41, 5.74) is 0.618. The summed E-state index contributed by atoms with van der Waals surface area (Å²) in [4.78, 5) is 0. The summed E-state index contributed by atoms with van der Waals surface area (Å²) >= 11 is 0. The summed E-state index contributed by atoms with van der Waals surface area (Å²) in [6, 6.07) is 8.96. The summed E-state index contributed by atoms with van der Waals surface area (Å²) in [6.07, 6.45) is -0.287. The van der Waals surface area contributed by atoms with Crippen molar-refractivity contribution in [2.24, 2.45) is 0 Å². The monoisotopic (exact) mass is 152 g/mol. The third-order valence-corrected chi connectivity index (χ3v) is 1.98. The average Bonchev–Trinajstić information content (AvgIpc) is 2.64. The molecule has 0 spiro atoms. The Bertz CT molecular complexity index is 260. The molecule has 0 radical (unpaired) electrons. The van der Waals surface area contributed by atoms with Gasteiger partial charge in [0.15, 0.2) is 0 Å². The first-order chi connectivity index (χ1) is 5.23. The topological polar surface area (TPSA) is 12.5 Å². The lowest BCUT2D eigenvalue weighted by Crippen LogP contribution is -2.02. The number of alkyl halides is 1. The zero-order valence-corrected chi connectivity index (χ0v) is 6.25. The van der Waals surface area contributed by atoms with E-state index in [4.69, 9.17) is 4.74 Å². The standard InChI is InChI=1S/C9H9FO/c1-7-9(10,11-7)8-5-3-2-4-6-8/h2-7H,1H3/t7-,9+/m1/s1. The number of rotatable bonds is 1. The molecule has 1 heterocycles. The van der Waals surface area contributed by atoms with Crippen LogP contribution in [-0.4, -0.2) is 6.10 Å². The molecule has 2 heteroatoms. The Morgan fingerprint density at radius 3 is 2.36 bits per heavy atom. The van der Waals surface area contributed by atoms with Crippen LogP contribution in [0.4, 0.5) is 4.39 Å². The van der Waals surface area contributed by atoms with E-state index in [9.17, 15) is 4.39 Å². The normalized spacial score (nSPS) is 35.3. The van der Waals surface area contributed by atoms with Gasteiger partial charge in [0, 0.05) is 5.56 Å². The van der Waals surface area contributed by atoms with E-state index < -0.39 is 5.85 Å². The van der Waals surface area contributed by atoms with Crippen molar-refractivity contribution in [3.05, 3.63) is 35.9 Å². The molecule has 11 heavy (non-hydrogen) atoms. The fourth-order valence-electron chi connectivity index (χ4n) is 1.19.